The molecule has 1 unspecified atom stereocenters. The van der Waals surface area contributed by atoms with Crippen molar-refractivity contribution in [2.75, 3.05) is 0 Å². The van der Waals surface area contributed by atoms with Gasteiger partial charge in [-0.1, -0.05) is 36.0 Å². The van der Waals surface area contributed by atoms with Crippen molar-refractivity contribution in [1.82, 2.24) is 5.32 Å². The Balaban J connectivity index is 1.90. The highest BCUT2D eigenvalue weighted by atomic mass is 32.2. The minimum Gasteiger partial charge on any atom is -0.459 e. The number of non-ortho nitro benzene ring substituents is 2. The van der Waals surface area contributed by atoms with Gasteiger partial charge in [-0.05, 0) is 31.9 Å². The van der Waals surface area contributed by atoms with Crippen LogP contribution in [0.1, 0.15) is 37.9 Å². The van der Waals surface area contributed by atoms with E-state index in [4.69, 9.17) is 4.74 Å². The van der Waals surface area contributed by atoms with Crippen molar-refractivity contribution >= 4 is 34.3 Å². The quantitative estimate of drug-likeness (QED) is 0.350. The second kappa shape index (κ2) is 10.3. The van der Waals surface area contributed by atoms with Gasteiger partial charge >= 0.3 is 5.97 Å². The van der Waals surface area contributed by atoms with Gasteiger partial charge in [-0.25, -0.2) is 9.79 Å². The number of nitro benzene ring substituents is 2. The number of nitrogens with zero attached hydrogens (tertiary/aromatic N) is 3. The molecule has 2 aromatic rings. The third-order valence-electron chi connectivity index (χ3n) is 4.70. The van der Waals surface area contributed by atoms with Crippen molar-refractivity contribution in [3.63, 3.8) is 0 Å². The van der Waals surface area contributed by atoms with Gasteiger partial charge in [0.15, 0.2) is 5.17 Å². The molecule has 3 rings (SSSR count). The molecule has 0 saturated carbocycles. The summed E-state index contributed by atoms with van der Waals surface area (Å²) >= 11 is 1.35. The van der Waals surface area contributed by atoms with Gasteiger partial charge < -0.3 is 10.1 Å². The molecule has 0 aliphatic carbocycles. The first kappa shape index (κ1) is 23.9. The first-order chi connectivity index (χ1) is 15.7. The summed E-state index contributed by atoms with van der Waals surface area (Å²) < 4.78 is 5.38. The molecule has 1 heterocycles. The topological polar surface area (TPSA) is 137 Å². The summed E-state index contributed by atoms with van der Waals surface area (Å²) in [5.41, 5.74) is 2.08. The van der Waals surface area contributed by atoms with Crippen LogP contribution >= 0.6 is 11.8 Å². The van der Waals surface area contributed by atoms with Gasteiger partial charge in [0.05, 0.1) is 21.5 Å². The first-order valence-electron chi connectivity index (χ1n) is 10.0. The standard InChI is InChI=1S/C22H22N4O6S/c1-13(2)32-21(27)19-14(3)23-22(33-12-15-7-9-17(10-8-15)25(28)29)24-20(19)16-5-4-6-18(11-16)26(30)31/h4-11,13,20H,12H2,1-3H3,(H,23,24). The van der Waals surface area contributed by atoms with E-state index in [1.807, 2.05) is 0 Å². The van der Waals surface area contributed by atoms with E-state index in [1.54, 1.807) is 45.0 Å². The smallest absolute Gasteiger partial charge is 0.338 e. The fraction of sp³-hybridized carbons (Fsp3) is 0.273. The summed E-state index contributed by atoms with van der Waals surface area (Å²) in [6, 6.07) is 11.4. The number of nitrogens with one attached hydrogen (secondary N) is 1. The largest absolute Gasteiger partial charge is 0.459 e. The lowest BCUT2D eigenvalue weighted by Gasteiger charge is -2.26. The molecule has 33 heavy (non-hydrogen) atoms. The van der Waals surface area contributed by atoms with Crippen LogP contribution in [0.25, 0.3) is 0 Å². The van der Waals surface area contributed by atoms with Gasteiger partial charge in [-0.15, -0.1) is 0 Å². The fourth-order valence-electron chi connectivity index (χ4n) is 3.18. The third-order valence-corrected chi connectivity index (χ3v) is 5.66. The molecule has 0 radical (unpaired) electrons. The summed E-state index contributed by atoms with van der Waals surface area (Å²) in [7, 11) is 0. The Morgan fingerprint density at radius 2 is 1.79 bits per heavy atom. The number of carbonyl (C=O) groups is 1. The highest BCUT2D eigenvalue weighted by Gasteiger charge is 2.31. The van der Waals surface area contributed by atoms with Gasteiger partial charge in [0.2, 0.25) is 0 Å². The maximum absolute atomic E-state index is 12.8. The Morgan fingerprint density at radius 1 is 1.12 bits per heavy atom. The average molecular weight is 471 g/mol. The number of nitro groups is 2. The Hall–Kier alpha value is -3.73. The Labute approximate surface area is 194 Å². The number of carbonyl (C=O) groups excluding carboxylic acids is 1. The van der Waals surface area contributed by atoms with E-state index < -0.39 is 21.9 Å². The minimum atomic E-state index is -0.781. The number of amidine groups is 1. The number of allylic oxidation sites excluding steroid dienone is 1. The molecule has 0 saturated heterocycles. The second-order valence-corrected chi connectivity index (χ2v) is 8.48. The van der Waals surface area contributed by atoms with E-state index in [2.05, 4.69) is 10.3 Å². The molecule has 2 aromatic carbocycles. The van der Waals surface area contributed by atoms with E-state index in [0.717, 1.165) is 5.56 Å². The number of benzene rings is 2. The van der Waals surface area contributed by atoms with Crippen LogP contribution in [0.3, 0.4) is 0 Å². The third kappa shape index (κ3) is 5.95. The van der Waals surface area contributed by atoms with Gasteiger partial charge in [0.1, 0.15) is 6.04 Å². The van der Waals surface area contributed by atoms with Crippen molar-refractivity contribution in [2.24, 2.45) is 4.99 Å². The zero-order chi connectivity index (χ0) is 24.1. The van der Waals surface area contributed by atoms with Crippen LogP contribution in [0.5, 0.6) is 0 Å². The van der Waals surface area contributed by atoms with Crippen LogP contribution in [0.4, 0.5) is 11.4 Å². The molecular weight excluding hydrogens is 448 g/mol. The Kier molecular flexibility index (Phi) is 7.44. The predicted molar refractivity (Wildman–Crippen MR) is 125 cm³/mol. The highest BCUT2D eigenvalue weighted by Crippen LogP contribution is 2.35. The maximum Gasteiger partial charge on any atom is 0.338 e. The van der Waals surface area contributed by atoms with E-state index in [-0.39, 0.29) is 23.1 Å². The van der Waals surface area contributed by atoms with Crippen LogP contribution in [0.15, 0.2) is 64.8 Å². The van der Waals surface area contributed by atoms with Gasteiger partial charge in [0, 0.05) is 35.7 Å². The molecular formula is C22H22N4O6S. The highest BCUT2D eigenvalue weighted by molar-refractivity contribution is 8.13. The molecule has 10 nitrogen and oxygen atoms in total. The average Bonchev–Trinajstić information content (AvgIpc) is 2.77. The molecule has 172 valence electrons. The van der Waals surface area contributed by atoms with Gasteiger partial charge in [0.25, 0.3) is 11.4 Å². The van der Waals surface area contributed by atoms with Crippen molar-refractivity contribution in [3.05, 3.63) is 91.2 Å². The molecule has 1 N–H and O–H groups in total. The molecule has 0 aromatic heterocycles. The lowest BCUT2D eigenvalue weighted by molar-refractivity contribution is -0.385. The summed E-state index contributed by atoms with van der Waals surface area (Å²) in [6.45, 7) is 5.20. The van der Waals surface area contributed by atoms with Crippen molar-refractivity contribution in [2.45, 2.75) is 38.7 Å². The normalized spacial score (nSPS) is 15.6. The van der Waals surface area contributed by atoms with Crippen LogP contribution in [-0.4, -0.2) is 27.1 Å². The Bertz CT molecular complexity index is 1140. The number of ether oxygens (including phenoxy) is 1. The van der Waals surface area contributed by atoms with Crippen LogP contribution < -0.4 is 5.32 Å². The summed E-state index contributed by atoms with van der Waals surface area (Å²) in [4.78, 5) is 38.6. The molecule has 11 heteroatoms. The van der Waals surface area contributed by atoms with Crippen LogP contribution in [-0.2, 0) is 15.3 Å². The molecule has 0 bridgehead atoms. The van der Waals surface area contributed by atoms with Crippen molar-refractivity contribution < 1.29 is 19.4 Å². The SMILES string of the molecule is CC1=C(C(=O)OC(C)C)C(c2cccc([N+](=O)[O-])c2)N=C(SCc2ccc([N+](=O)[O-])cc2)N1. The number of hydrogen-bond donors (Lipinski definition) is 1. The summed E-state index contributed by atoms with van der Waals surface area (Å²) in [6.07, 6.45) is -0.342. The van der Waals surface area contributed by atoms with Crippen LogP contribution in [0.2, 0.25) is 0 Å². The first-order valence-corrected chi connectivity index (χ1v) is 11.0. The number of thioether (sulfide) groups is 1. The summed E-state index contributed by atoms with van der Waals surface area (Å²) in [5.74, 6) is -0.0699. The zero-order valence-corrected chi connectivity index (χ0v) is 19.0. The maximum atomic E-state index is 12.8. The molecule has 1 atom stereocenters. The summed E-state index contributed by atoms with van der Waals surface area (Å²) in [5, 5.41) is 25.7. The predicted octanol–water partition coefficient (Wildman–Crippen LogP) is 4.66. The van der Waals surface area contributed by atoms with Gasteiger partial charge in [-0.2, -0.15) is 0 Å². The fourth-order valence-corrected chi connectivity index (χ4v) is 4.08. The number of hydrogen-bond acceptors (Lipinski definition) is 9. The molecule has 0 amide bonds. The van der Waals surface area contributed by atoms with E-state index in [0.29, 0.717) is 22.2 Å². The molecule has 1 aliphatic heterocycles. The van der Waals surface area contributed by atoms with E-state index >= 15 is 0 Å². The lowest BCUT2D eigenvalue weighted by Crippen LogP contribution is -2.31. The monoisotopic (exact) mass is 470 g/mol. The van der Waals surface area contributed by atoms with Crippen molar-refractivity contribution in [1.29, 1.82) is 0 Å². The number of esters is 1. The van der Waals surface area contributed by atoms with Crippen molar-refractivity contribution in [3.8, 4) is 0 Å². The molecule has 0 spiro atoms. The van der Waals surface area contributed by atoms with Gasteiger partial charge in [-0.3, -0.25) is 20.2 Å². The molecule has 1 aliphatic rings. The number of aliphatic imine (C=N–C) groups is 1. The molecule has 0 fully saturated rings. The van der Waals surface area contributed by atoms with E-state index in [1.165, 1.54) is 36.0 Å². The van der Waals surface area contributed by atoms with Crippen LogP contribution in [0, 0.1) is 20.2 Å². The minimum absolute atomic E-state index is 0.00898. The zero-order valence-electron chi connectivity index (χ0n) is 18.2. The lowest BCUT2D eigenvalue weighted by atomic mass is 9.96. The van der Waals surface area contributed by atoms with E-state index in [9.17, 15) is 25.0 Å². The second-order valence-electron chi connectivity index (χ2n) is 7.52. The number of rotatable bonds is 7. The Morgan fingerprint density at radius 3 is 2.39 bits per heavy atom.